The maximum atomic E-state index is 12.3. The van der Waals surface area contributed by atoms with Crippen molar-refractivity contribution in [1.82, 2.24) is 10.6 Å². The molecule has 2 aliphatic rings. The summed E-state index contributed by atoms with van der Waals surface area (Å²) in [5.41, 5.74) is 0. The van der Waals surface area contributed by atoms with Gasteiger partial charge in [0.2, 0.25) is 5.91 Å². The molecule has 0 aromatic heterocycles. The van der Waals surface area contributed by atoms with Gasteiger partial charge in [-0.3, -0.25) is 4.79 Å². The van der Waals surface area contributed by atoms with Crippen LogP contribution in [0.4, 0.5) is 0 Å². The molecule has 0 aliphatic carbocycles. The van der Waals surface area contributed by atoms with Crippen molar-refractivity contribution in [3.05, 3.63) is 24.3 Å². The molecule has 3 unspecified atom stereocenters. The van der Waals surface area contributed by atoms with Gasteiger partial charge < -0.3 is 15.4 Å². The molecular weight excluding hydrogens is 368 g/mol. The number of ether oxygens (including phenoxy) is 1. The summed E-state index contributed by atoms with van der Waals surface area (Å²) >= 11 is 1.79. The van der Waals surface area contributed by atoms with E-state index in [1.807, 2.05) is 18.2 Å². The second-order valence-corrected chi connectivity index (χ2v) is 8.61. The fourth-order valence-electron chi connectivity index (χ4n) is 3.99. The Labute approximate surface area is 167 Å². The van der Waals surface area contributed by atoms with E-state index in [1.54, 1.807) is 18.9 Å². The molecule has 0 saturated carbocycles. The molecule has 2 saturated heterocycles. The Morgan fingerprint density at radius 3 is 2.69 bits per heavy atom. The first-order chi connectivity index (χ1) is 12.1. The highest BCUT2D eigenvalue weighted by atomic mass is 35.5. The molecule has 2 N–H and O–H groups in total. The van der Waals surface area contributed by atoms with Crippen LogP contribution in [0.15, 0.2) is 29.2 Å². The Morgan fingerprint density at radius 1 is 1.31 bits per heavy atom. The van der Waals surface area contributed by atoms with Crippen molar-refractivity contribution in [2.24, 2.45) is 11.8 Å². The van der Waals surface area contributed by atoms with Crippen LogP contribution in [-0.2, 0) is 4.79 Å². The lowest BCUT2D eigenvalue weighted by molar-refractivity contribution is -0.122. The molecule has 1 aromatic rings. The van der Waals surface area contributed by atoms with Crippen LogP contribution in [0.5, 0.6) is 5.75 Å². The molecule has 0 spiro atoms. The highest BCUT2D eigenvalue weighted by Crippen LogP contribution is 2.33. The van der Waals surface area contributed by atoms with Crippen LogP contribution >= 0.6 is 24.2 Å². The largest absolute Gasteiger partial charge is 0.496 e. The monoisotopic (exact) mass is 398 g/mol. The number of thioether (sulfide) groups is 1. The molecule has 4 nitrogen and oxygen atoms in total. The van der Waals surface area contributed by atoms with Gasteiger partial charge in [-0.1, -0.05) is 19.1 Å². The van der Waals surface area contributed by atoms with Gasteiger partial charge in [0.15, 0.2) is 0 Å². The average Bonchev–Trinajstić information content (AvgIpc) is 2.96. The minimum Gasteiger partial charge on any atom is -0.496 e. The van der Waals surface area contributed by atoms with E-state index in [2.05, 4.69) is 23.6 Å². The van der Waals surface area contributed by atoms with Crippen molar-refractivity contribution in [2.75, 3.05) is 19.4 Å². The van der Waals surface area contributed by atoms with Gasteiger partial charge >= 0.3 is 0 Å². The Balaban J connectivity index is 0.00000243. The normalized spacial score (nSPS) is 25.2. The summed E-state index contributed by atoms with van der Waals surface area (Å²) in [6.45, 7) is 2.94. The molecule has 1 amide bonds. The van der Waals surface area contributed by atoms with Crippen LogP contribution in [0, 0.1) is 11.8 Å². The fourth-order valence-corrected chi connectivity index (χ4v) is 5.04. The molecule has 3 atom stereocenters. The number of para-hydroxylation sites is 1. The second kappa shape index (κ2) is 10.4. The standard InChI is InChI=1S/C20H30N2O2S.ClH/c1-14(13-25-19-6-4-3-5-18(19)24-2)12-21-20(23)11-15-9-16-7-8-17(10-15)22-16;/h3-6,14-17,22H,7-13H2,1-2H3,(H,21,23);1H. The van der Waals surface area contributed by atoms with E-state index in [-0.39, 0.29) is 18.3 Å². The van der Waals surface area contributed by atoms with E-state index in [9.17, 15) is 4.79 Å². The number of rotatable bonds is 8. The van der Waals surface area contributed by atoms with E-state index in [1.165, 1.54) is 25.7 Å². The number of methoxy groups -OCH3 is 1. The molecule has 2 fully saturated rings. The van der Waals surface area contributed by atoms with Crippen molar-refractivity contribution >= 4 is 30.1 Å². The highest BCUT2D eigenvalue weighted by Gasteiger charge is 2.34. The summed E-state index contributed by atoms with van der Waals surface area (Å²) < 4.78 is 5.39. The van der Waals surface area contributed by atoms with Crippen LogP contribution in [0.2, 0.25) is 0 Å². The highest BCUT2D eigenvalue weighted by molar-refractivity contribution is 7.99. The van der Waals surface area contributed by atoms with Crippen LogP contribution in [0.3, 0.4) is 0 Å². The lowest BCUT2D eigenvalue weighted by Gasteiger charge is -2.28. The topological polar surface area (TPSA) is 50.4 Å². The lowest BCUT2D eigenvalue weighted by Crippen LogP contribution is -2.40. The van der Waals surface area contributed by atoms with E-state index >= 15 is 0 Å². The van der Waals surface area contributed by atoms with Gasteiger partial charge in [-0.2, -0.15) is 0 Å². The minimum atomic E-state index is 0. The summed E-state index contributed by atoms with van der Waals surface area (Å²) in [5, 5.41) is 6.78. The summed E-state index contributed by atoms with van der Waals surface area (Å²) in [6.07, 6.45) is 5.62. The average molecular weight is 399 g/mol. The van der Waals surface area contributed by atoms with Crippen LogP contribution in [0.25, 0.3) is 0 Å². The predicted octanol–water partition coefficient (Wildman–Crippen LogP) is 3.88. The Morgan fingerprint density at radius 2 is 2.00 bits per heavy atom. The summed E-state index contributed by atoms with van der Waals surface area (Å²) in [5.74, 6) is 3.11. The third kappa shape index (κ3) is 6.07. The molecule has 26 heavy (non-hydrogen) atoms. The zero-order valence-corrected chi connectivity index (χ0v) is 17.3. The van der Waals surface area contributed by atoms with Gasteiger partial charge in [0, 0.05) is 35.7 Å². The third-order valence-corrected chi connectivity index (χ3v) is 6.67. The zero-order chi connectivity index (χ0) is 17.6. The first-order valence-corrected chi connectivity index (χ1v) is 10.4. The molecule has 2 aliphatic heterocycles. The molecule has 1 aromatic carbocycles. The number of piperidine rings is 1. The van der Waals surface area contributed by atoms with Crippen molar-refractivity contribution in [3.63, 3.8) is 0 Å². The molecule has 146 valence electrons. The molecule has 2 bridgehead atoms. The van der Waals surface area contributed by atoms with Gasteiger partial charge in [0.25, 0.3) is 0 Å². The first kappa shape index (κ1) is 21.4. The summed E-state index contributed by atoms with van der Waals surface area (Å²) in [7, 11) is 1.70. The Kier molecular flexibility index (Phi) is 8.58. The SMILES string of the molecule is COc1ccccc1SCC(C)CNC(=O)CC1CC2CCC(C1)N2.Cl. The van der Waals surface area contributed by atoms with Crippen LogP contribution in [0.1, 0.15) is 39.0 Å². The number of carbonyl (C=O) groups excluding carboxylic acids is 1. The van der Waals surface area contributed by atoms with Crippen molar-refractivity contribution in [3.8, 4) is 5.75 Å². The number of fused-ring (bicyclic) bond motifs is 2. The van der Waals surface area contributed by atoms with E-state index in [0.717, 1.165) is 22.9 Å². The van der Waals surface area contributed by atoms with E-state index in [4.69, 9.17) is 4.74 Å². The Bertz CT molecular complexity index is 575. The lowest BCUT2D eigenvalue weighted by atomic mass is 9.89. The van der Waals surface area contributed by atoms with Crippen LogP contribution < -0.4 is 15.4 Å². The first-order valence-electron chi connectivity index (χ1n) is 9.42. The number of benzene rings is 1. The number of halogens is 1. The Hall–Kier alpha value is -0.910. The molecule has 2 heterocycles. The second-order valence-electron chi connectivity index (χ2n) is 7.55. The van der Waals surface area contributed by atoms with Gasteiger partial charge in [-0.15, -0.1) is 24.2 Å². The van der Waals surface area contributed by atoms with Crippen molar-refractivity contribution in [2.45, 2.75) is 56.0 Å². The van der Waals surface area contributed by atoms with Crippen molar-refractivity contribution < 1.29 is 9.53 Å². The number of amides is 1. The molecule has 3 rings (SSSR count). The minimum absolute atomic E-state index is 0. The maximum Gasteiger partial charge on any atom is 0.220 e. The molecule has 6 heteroatoms. The van der Waals surface area contributed by atoms with Crippen molar-refractivity contribution in [1.29, 1.82) is 0 Å². The van der Waals surface area contributed by atoms with Gasteiger partial charge in [0.1, 0.15) is 5.75 Å². The zero-order valence-electron chi connectivity index (χ0n) is 15.7. The van der Waals surface area contributed by atoms with Gasteiger partial charge in [-0.05, 0) is 49.7 Å². The number of carbonyl (C=O) groups is 1. The number of hydrogen-bond donors (Lipinski definition) is 2. The third-order valence-electron chi connectivity index (χ3n) is 5.28. The van der Waals surface area contributed by atoms with E-state index < -0.39 is 0 Å². The van der Waals surface area contributed by atoms with Gasteiger partial charge in [0.05, 0.1) is 7.11 Å². The maximum absolute atomic E-state index is 12.3. The number of hydrogen-bond acceptors (Lipinski definition) is 4. The number of nitrogens with one attached hydrogen (secondary N) is 2. The quantitative estimate of drug-likeness (QED) is 0.652. The predicted molar refractivity (Wildman–Crippen MR) is 110 cm³/mol. The molecule has 0 radical (unpaired) electrons. The summed E-state index contributed by atoms with van der Waals surface area (Å²) in [4.78, 5) is 13.4. The van der Waals surface area contributed by atoms with Crippen LogP contribution in [-0.4, -0.2) is 37.4 Å². The van der Waals surface area contributed by atoms with Gasteiger partial charge in [-0.25, -0.2) is 0 Å². The van der Waals surface area contributed by atoms with E-state index in [0.29, 0.717) is 30.3 Å². The summed E-state index contributed by atoms with van der Waals surface area (Å²) in [6, 6.07) is 9.41. The molecular formula is C20H31ClN2O2S. The smallest absolute Gasteiger partial charge is 0.220 e. The fraction of sp³-hybridized carbons (Fsp3) is 0.650.